The first-order valence-electron chi connectivity index (χ1n) is 7.52. The molecule has 3 rings (SSSR count). The number of urea groups is 1. The molecule has 0 aliphatic carbocycles. The molecule has 0 aliphatic rings. The number of amides is 2. The van der Waals surface area contributed by atoms with Crippen molar-refractivity contribution in [3.05, 3.63) is 72.4 Å². The zero-order chi connectivity index (χ0) is 16.8. The van der Waals surface area contributed by atoms with Gasteiger partial charge in [0.1, 0.15) is 11.9 Å². The molecule has 0 spiro atoms. The zero-order valence-corrected chi connectivity index (χ0v) is 12.9. The molecule has 24 heavy (non-hydrogen) atoms. The van der Waals surface area contributed by atoms with Crippen molar-refractivity contribution < 1.29 is 14.3 Å². The summed E-state index contributed by atoms with van der Waals surface area (Å²) in [5, 5.41) is 19.5. The van der Waals surface area contributed by atoms with E-state index in [1.54, 1.807) is 18.3 Å². The van der Waals surface area contributed by atoms with Crippen LogP contribution in [0.3, 0.4) is 0 Å². The van der Waals surface area contributed by atoms with E-state index in [4.69, 9.17) is 4.42 Å². The lowest BCUT2D eigenvalue weighted by Gasteiger charge is -2.25. The monoisotopic (exact) mass is 326 g/mol. The molecule has 1 aromatic carbocycles. The fraction of sp³-hybridized carbons (Fsp3) is 0.176. The van der Waals surface area contributed by atoms with Gasteiger partial charge in [0.2, 0.25) is 0 Å². The number of benzene rings is 1. The Balaban J connectivity index is 1.73. The third-order valence-corrected chi connectivity index (χ3v) is 3.52. The number of aliphatic hydroxyl groups is 1. The quantitative estimate of drug-likeness (QED) is 0.649. The standard InChI is InChI=1S/C17H18N4O3/c22-15(16-7-4-8-24-16)12-21(11-13-5-2-1-3-6-13)17(23)20-14-9-18-19-10-14/h1-10,15,22H,11-12H2,(H,18,19)(H,20,23)/t15-/m0/s1. The van der Waals surface area contributed by atoms with Crippen LogP contribution in [0.4, 0.5) is 10.5 Å². The number of hydrogen-bond donors (Lipinski definition) is 3. The van der Waals surface area contributed by atoms with Crippen LogP contribution in [0, 0.1) is 0 Å². The van der Waals surface area contributed by atoms with Crippen molar-refractivity contribution >= 4 is 11.7 Å². The van der Waals surface area contributed by atoms with Crippen LogP contribution < -0.4 is 5.32 Å². The summed E-state index contributed by atoms with van der Waals surface area (Å²) in [5.41, 5.74) is 1.53. The van der Waals surface area contributed by atoms with Crippen molar-refractivity contribution in [2.24, 2.45) is 0 Å². The summed E-state index contributed by atoms with van der Waals surface area (Å²) in [6, 6.07) is 12.6. The maximum absolute atomic E-state index is 12.6. The average molecular weight is 326 g/mol. The van der Waals surface area contributed by atoms with Gasteiger partial charge in [-0.05, 0) is 17.7 Å². The lowest BCUT2D eigenvalue weighted by molar-refractivity contribution is 0.105. The number of carbonyl (C=O) groups excluding carboxylic acids is 1. The van der Waals surface area contributed by atoms with Crippen molar-refractivity contribution in [3.63, 3.8) is 0 Å². The van der Waals surface area contributed by atoms with Crippen molar-refractivity contribution in [2.75, 3.05) is 11.9 Å². The number of aliphatic hydroxyl groups excluding tert-OH is 1. The number of furan rings is 1. The van der Waals surface area contributed by atoms with Gasteiger partial charge in [0.15, 0.2) is 0 Å². The maximum Gasteiger partial charge on any atom is 0.322 e. The zero-order valence-electron chi connectivity index (χ0n) is 12.9. The van der Waals surface area contributed by atoms with Gasteiger partial charge in [0, 0.05) is 12.7 Å². The highest BCUT2D eigenvalue weighted by Crippen LogP contribution is 2.17. The number of carbonyl (C=O) groups is 1. The lowest BCUT2D eigenvalue weighted by atomic mass is 10.2. The summed E-state index contributed by atoms with van der Waals surface area (Å²) in [7, 11) is 0. The van der Waals surface area contributed by atoms with Crippen LogP contribution in [0.5, 0.6) is 0 Å². The molecule has 1 atom stereocenters. The number of H-pyrrole nitrogens is 1. The van der Waals surface area contributed by atoms with Gasteiger partial charge in [-0.25, -0.2) is 4.79 Å². The molecule has 0 saturated heterocycles. The average Bonchev–Trinajstić information content (AvgIpc) is 3.29. The normalized spacial score (nSPS) is 11.9. The van der Waals surface area contributed by atoms with Gasteiger partial charge in [-0.3, -0.25) is 5.10 Å². The summed E-state index contributed by atoms with van der Waals surface area (Å²) in [6.45, 7) is 0.467. The fourth-order valence-corrected chi connectivity index (χ4v) is 2.32. The highest BCUT2D eigenvalue weighted by Gasteiger charge is 2.21. The van der Waals surface area contributed by atoms with E-state index >= 15 is 0 Å². The molecule has 0 bridgehead atoms. The Hall–Kier alpha value is -3.06. The van der Waals surface area contributed by atoms with Crippen LogP contribution in [0.1, 0.15) is 17.4 Å². The first-order valence-corrected chi connectivity index (χ1v) is 7.52. The Bertz CT molecular complexity index is 742. The van der Waals surface area contributed by atoms with Crippen molar-refractivity contribution in [3.8, 4) is 0 Å². The molecule has 7 nitrogen and oxygen atoms in total. The van der Waals surface area contributed by atoms with Crippen LogP contribution in [0.15, 0.2) is 65.5 Å². The van der Waals surface area contributed by atoms with Gasteiger partial charge >= 0.3 is 6.03 Å². The predicted octanol–water partition coefficient (Wildman–Crippen LogP) is 2.77. The summed E-state index contributed by atoms with van der Waals surface area (Å²) in [5.74, 6) is 0.421. The number of nitrogens with zero attached hydrogens (tertiary/aromatic N) is 2. The third kappa shape index (κ3) is 4.02. The number of aromatic nitrogens is 2. The molecule has 2 heterocycles. The molecular weight excluding hydrogens is 308 g/mol. The Morgan fingerprint density at radius 1 is 1.29 bits per heavy atom. The van der Waals surface area contributed by atoms with E-state index in [1.165, 1.54) is 17.4 Å². The molecule has 7 heteroatoms. The molecule has 2 amide bonds. The SMILES string of the molecule is O=C(Nc1cn[nH]c1)N(Cc1ccccc1)C[C@H](O)c1ccco1. The van der Waals surface area contributed by atoms with E-state index in [1.807, 2.05) is 30.3 Å². The molecule has 0 unspecified atom stereocenters. The molecule has 0 aliphatic heterocycles. The Labute approximate surface area is 138 Å². The van der Waals surface area contributed by atoms with Gasteiger partial charge in [-0.15, -0.1) is 0 Å². The van der Waals surface area contributed by atoms with Crippen molar-refractivity contribution in [2.45, 2.75) is 12.6 Å². The summed E-state index contributed by atoms with van der Waals surface area (Å²) >= 11 is 0. The van der Waals surface area contributed by atoms with Crippen molar-refractivity contribution in [1.29, 1.82) is 0 Å². The Morgan fingerprint density at radius 3 is 2.79 bits per heavy atom. The number of nitrogens with one attached hydrogen (secondary N) is 2. The number of anilines is 1. The van der Waals surface area contributed by atoms with Gasteiger partial charge in [0.25, 0.3) is 0 Å². The predicted molar refractivity (Wildman–Crippen MR) is 88.1 cm³/mol. The number of aromatic amines is 1. The van der Waals surface area contributed by atoms with Crippen LogP contribution >= 0.6 is 0 Å². The first kappa shape index (κ1) is 15.8. The van der Waals surface area contributed by atoms with Gasteiger partial charge in [-0.1, -0.05) is 30.3 Å². The van der Waals surface area contributed by atoms with E-state index in [-0.39, 0.29) is 12.6 Å². The van der Waals surface area contributed by atoms with E-state index in [0.29, 0.717) is 18.0 Å². The lowest BCUT2D eigenvalue weighted by Crippen LogP contribution is -2.37. The summed E-state index contributed by atoms with van der Waals surface area (Å²) in [4.78, 5) is 14.1. The minimum Gasteiger partial charge on any atom is -0.467 e. The van der Waals surface area contributed by atoms with E-state index in [9.17, 15) is 9.90 Å². The van der Waals surface area contributed by atoms with Crippen LogP contribution in [-0.4, -0.2) is 32.8 Å². The molecular formula is C17H18N4O3. The smallest absolute Gasteiger partial charge is 0.322 e. The second-order valence-electron chi connectivity index (χ2n) is 5.31. The molecule has 2 aromatic heterocycles. The topological polar surface area (TPSA) is 94.4 Å². The summed E-state index contributed by atoms with van der Waals surface area (Å²) < 4.78 is 5.21. The minimum absolute atomic E-state index is 0.103. The van der Waals surface area contributed by atoms with Crippen LogP contribution in [0.2, 0.25) is 0 Å². The van der Waals surface area contributed by atoms with Gasteiger partial charge in [0.05, 0.1) is 24.7 Å². The minimum atomic E-state index is -0.904. The molecule has 3 N–H and O–H groups in total. The molecule has 0 radical (unpaired) electrons. The molecule has 0 saturated carbocycles. The van der Waals surface area contributed by atoms with Gasteiger partial charge < -0.3 is 19.7 Å². The molecule has 0 fully saturated rings. The van der Waals surface area contributed by atoms with Gasteiger partial charge in [-0.2, -0.15) is 5.10 Å². The van der Waals surface area contributed by atoms with Crippen LogP contribution in [-0.2, 0) is 6.54 Å². The summed E-state index contributed by atoms with van der Waals surface area (Å²) in [6.07, 6.45) is 3.69. The number of hydrogen-bond acceptors (Lipinski definition) is 4. The van der Waals surface area contributed by atoms with E-state index in [2.05, 4.69) is 15.5 Å². The highest BCUT2D eigenvalue weighted by molar-refractivity contribution is 5.89. The van der Waals surface area contributed by atoms with Crippen LogP contribution in [0.25, 0.3) is 0 Å². The van der Waals surface area contributed by atoms with E-state index in [0.717, 1.165) is 5.56 Å². The second-order valence-corrected chi connectivity index (χ2v) is 5.31. The molecule has 3 aromatic rings. The highest BCUT2D eigenvalue weighted by atomic mass is 16.4. The third-order valence-electron chi connectivity index (χ3n) is 3.52. The Morgan fingerprint density at radius 2 is 2.12 bits per heavy atom. The largest absolute Gasteiger partial charge is 0.467 e. The fourth-order valence-electron chi connectivity index (χ4n) is 2.32. The Kier molecular flexibility index (Phi) is 4.93. The maximum atomic E-state index is 12.6. The second kappa shape index (κ2) is 7.47. The first-order chi connectivity index (χ1) is 11.7. The molecule has 124 valence electrons. The number of rotatable bonds is 6. The van der Waals surface area contributed by atoms with E-state index < -0.39 is 6.10 Å². The van der Waals surface area contributed by atoms with Crippen molar-refractivity contribution in [1.82, 2.24) is 15.1 Å².